The minimum Gasteiger partial charge on any atom is -0.465 e. The van der Waals surface area contributed by atoms with Crippen molar-refractivity contribution in [3.63, 3.8) is 0 Å². The van der Waals surface area contributed by atoms with E-state index in [1.165, 1.54) is 0 Å². The molecule has 0 aromatic heterocycles. The average Bonchev–Trinajstić information content (AvgIpc) is 2.11. The SMILES string of the molecule is CCOC(=O)C1(C)C=CC=CC1C. The molecule has 0 amide bonds. The molecule has 1 aliphatic rings. The number of carbonyl (C=O) groups is 1. The minimum absolute atomic E-state index is 0.136. The van der Waals surface area contributed by atoms with Crippen LogP contribution in [0.4, 0.5) is 0 Å². The molecule has 1 aliphatic carbocycles. The van der Waals surface area contributed by atoms with E-state index in [9.17, 15) is 4.79 Å². The van der Waals surface area contributed by atoms with Gasteiger partial charge in [0.1, 0.15) is 0 Å². The highest BCUT2D eigenvalue weighted by Crippen LogP contribution is 2.33. The lowest BCUT2D eigenvalue weighted by molar-refractivity contribution is -0.153. The van der Waals surface area contributed by atoms with Crippen molar-refractivity contribution < 1.29 is 9.53 Å². The molecule has 0 bridgehead atoms. The third-order valence-corrected chi connectivity index (χ3v) is 2.61. The fraction of sp³-hybridized carbons (Fsp3) is 0.545. The summed E-state index contributed by atoms with van der Waals surface area (Å²) in [7, 11) is 0. The van der Waals surface area contributed by atoms with Gasteiger partial charge in [-0.2, -0.15) is 0 Å². The Morgan fingerprint density at radius 3 is 2.77 bits per heavy atom. The molecule has 0 radical (unpaired) electrons. The normalized spacial score (nSPS) is 31.8. The van der Waals surface area contributed by atoms with Crippen molar-refractivity contribution in [1.29, 1.82) is 0 Å². The quantitative estimate of drug-likeness (QED) is 0.609. The van der Waals surface area contributed by atoms with Crippen molar-refractivity contribution in [1.82, 2.24) is 0 Å². The van der Waals surface area contributed by atoms with Crippen LogP contribution in [0.25, 0.3) is 0 Å². The second kappa shape index (κ2) is 3.77. The van der Waals surface area contributed by atoms with Crippen LogP contribution >= 0.6 is 0 Å². The van der Waals surface area contributed by atoms with E-state index in [0.717, 1.165) is 0 Å². The molecular weight excluding hydrogens is 164 g/mol. The average molecular weight is 180 g/mol. The molecule has 0 saturated carbocycles. The number of carbonyl (C=O) groups excluding carboxylic acids is 1. The van der Waals surface area contributed by atoms with Crippen molar-refractivity contribution >= 4 is 5.97 Å². The molecule has 2 nitrogen and oxygen atoms in total. The highest BCUT2D eigenvalue weighted by molar-refractivity contribution is 5.79. The van der Waals surface area contributed by atoms with Crippen molar-refractivity contribution in [3.8, 4) is 0 Å². The summed E-state index contributed by atoms with van der Waals surface area (Å²) in [6.45, 7) is 6.21. The summed E-state index contributed by atoms with van der Waals surface area (Å²) < 4.78 is 5.03. The Morgan fingerprint density at radius 2 is 2.23 bits per heavy atom. The summed E-state index contributed by atoms with van der Waals surface area (Å²) in [5, 5.41) is 0. The van der Waals surface area contributed by atoms with E-state index < -0.39 is 5.41 Å². The molecule has 0 heterocycles. The number of esters is 1. The zero-order chi connectivity index (χ0) is 9.90. The van der Waals surface area contributed by atoms with Gasteiger partial charge in [0.25, 0.3) is 0 Å². The number of hydrogen-bond acceptors (Lipinski definition) is 2. The Hall–Kier alpha value is -1.05. The minimum atomic E-state index is -0.481. The fourth-order valence-electron chi connectivity index (χ4n) is 1.38. The predicted octanol–water partition coefficient (Wildman–Crippen LogP) is 2.32. The van der Waals surface area contributed by atoms with Crippen molar-refractivity contribution in [2.75, 3.05) is 6.61 Å². The molecule has 2 atom stereocenters. The van der Waals surface area contributed by atoms with Crippen LogP contribution in [-0.2, 0) is 9.53 Å². The summed E-state index contributed by atoms with van der Waals surface area (Å²) in [5.41, 5.74) is -0.481. The molecule has 72 valence electrons. The zero-order valence-electron chi connectivity index (χ0n) is 8.41. The first-order valence-corrected chi connectivity index (χ1v) is 4.64. The van der Waals surface area contributed by atoms with Crippen LogP contribution < -0.4 is 0 Å². The third kappa shape index (κ3) is 1.82. The Balaban J connectivity index is 2.80. The Bertz CT molecular complexity index is 253. The maximum absolute atomic E-state index is 11.6. The lowest BCUT2D eigenvalue weighted by Gasteiger charge is -2.30. The van der Waals surface area contributed by atoms with E-state index in [-0.39, 0.29) is 11.9 Å². The van der Waals surface area contributed by atoms with Gasteiger partial charge in [-0.15, -0.1) is 0 Å². The van der Waals surface area contributed by atoms with Gasteiger partial charge in [0, 0.05) is 0 Å². The second-order valence-corrected chi connectivity index (χ2v) is 3.54. The molecule has 13 heavy (non-hydrogen) atoms. The molecule has 0 spiro atoms. The Labute approximate surface area is 79.3 Å². The van der Waals surface area contributed by atoms with Gasteiger partial charge >= 0.3 is 5.97 Å². The molecule has 0 aliphatic heterocycles. The van der Waals surface area contributed by atoms with Crippen LogP contribution in [0.2, 0.25) is 0 Å². The molecule has 0 aromatic carbocycles. The lowest BCUT2D eigenvalue weighted by Crippen LogP contribution is -2.34. The molecule has 0 aromatic rings. The van der Waals surface area contributed by atoms with Crippen LogP contribution in [0.15, 0.2) is 24.3 Å². The first-order valence-electron chi connectivity index (χ1n) is 4.64. The van der Waals surface area contributed by atoms with Gasteiger partial charge < -0.3 is 4.74 Å². The zero-order valence-corrected chi connectivity index (χ0v) is 8.41. The Kier molecular flexibility index (Phi) is 2.91. The number of hydrogen-bond donors (Lipinski definition) is 0. The summed E-state index contributed by atoms with van der Waals surface area (Å²) in [6.07, 6.45) is 7.80. The van der Waals surface area contributed by atoms with Crippen LogP contribution in [0.5, 0.6) is 0 Å². The van der Waals surface area contributed by atoms with E-state index in [0.29, 0.717) is 6.61 Å². The highest BCUT2D eigenvalue weighted by atomic mass is 16.5. The summed E-state index contributed by atoms with van der Waals surface area (Å²) in [5.74, 6) is 0.0691. The number of ether oxygens (including phenoxy) is 1. The van der Waals surface area contributed by atoms with Crippen LogP contribution in [0.1, 0.15) is 20.8 Å². The summed E-state index contributed by atoms with van der Waals surface area (Å²) >= 11 is 0. The van der Waals surface area contributed by atoms with E-state index in [2.05, 4.69) is 0 Å². The first kappa shape index (κ1) is 10.0. The largest absolute Gasteiger partial charge is 0.465 e. The fourth-order valence-corrected chi connectivity index (χ4v) is 1.38. The third-order valence-electron chi connectivity index (χ3n) is 2.61. The topological polar surface area (TPSA) is 26.3 Å². The van der Waals surface area contributed by atoms with Gasteiger partial charge in [-0.05, 0) is 19.8 Å². The Morgan fingerprint density at radius 1 is 1.54 bits per heavy atom. The van der Waals surface area contributed by atoms with E-state index >= 15 is 0 Å². The van der Waals surface area contributed by atoms with E-state index in [1.807, 2.05) is 45.1 Å². The number of allylic oxidation sites excluding steroid dienone is 3. The molecule has 0 N–H and O–H groups in total. The van der Waals surface area contributed by atoms with Crippen LogP contribution in [-0.4, -0.2) is 12.6 Å². The van der Waals surface area contributed by atoms with E-state index in [1.54, 1.807) is 0 Å². The second-order valence-electron chi connectivity index (χ2n) is 3.54. The summed E-state index contributed by atoms with van der Waals surface area (Å²) in [6, 6.07) is 0. The van der Waals surface area contributed by atoms with Crippen molar-refractivity contribution in [2.45, 2.75) is 20.8 Å². The maximum Gasteiger partial charge on any atom is 0.316 e. The smallest absolute Gasteiger partial charge is 0.316 e. The van der Waals surface area contributed by atoms with Gasteiger partial charge in [-0.3, -0.25) is 4.79 Å². The van der Waals surface area contributed by atoms with Gasteiger partial charge in [-0.25, -0.2) is 0 Å². The highest BCUT2D eigenvalue weighted by Gasteiger charge is 2.37. The lowest BCUT2D eigenvalue weighted by atomic mass is 9.75. The molecule has 0 fully saturated rings. The van der Waals surface area contributed by atoms with Gasteiger partial charge in [0.2, 0.25) is 0 Å². The molecule has 2 unspecified atom stereocenters. The van der Waals surface area contributed by atoms with Gasteiger partial charge in [0.05, 0.1) is 12.0 Å². The monoisotopic (exact) mass is 180 g/mol. The standard InChI is InChI=1S/C11H16O2/c1-4-13-10(12)11(3)8-6-5-7-9(11)2/h5-9H,4H2,1-3H3. The molecule has 0 saturated heterocycles. The van der Waals surface area contributed by atoms with Crippen molar-refractivity contribution in [3.05, 3.63) is 24.3 Å². The van der Waals surface area contributed by atoms with Gasteiger partial charge in [0.15, 0.2) is 0 Å². The van der Waals surface area contributed by atoms with Gasteiger partial charge in [-0.1, -0.05) is 31.2 Å². The maximum atomic E-state index is 11.6. The van der Waals surface area contributed by atoms with Crippen molar-refractivity contribution in [2.24, 2.45) is 11.3 Å². The number of rotatable bonds is 2. The summed E-state index contributed by atoms with van der Waals surface area (Å²) in [4.78, 5) is 11.6. The first-order chi connectivity index (χ1) is 6.11. The predicted molar refractivity (Wildman–Crippen MR) is 52.2 cm³/mol. The van der Waals surface area contributed by atoms with Crippen LogP contribution in [0, 0.1) is 11.3 Å². The molecular formula is C11H16O2. The van der Waals surface area contributed by atoms with Crippen LogP contribution in [0.3, 0.4) is 0 Å². The molecule has 2 heteroatoms. The molecule has 1 rings (SSSR count). The van der Waals surface area contributed by atoms with E-state index in [4.69, 9.17) is 4.74 Å².